The maximum absolute atomic E-state index is 12.3. The number of hydrogen-bond donors (Lipinski definition) is 2. The summed E-state index contributed by atoms with van der Waals surface area (Å²) in [7, 11) is 0. The van der Waals surface area contributed by atoms with E-state index in [1.54, 1.807) is 36.4 Å². The first-order chi connectivity index (χ1) is 14.3. The van der Waals surface area contributed by atoms with Crippen LogP contribution in [0.15, 0.2) is 48.5 Å². The first-order valence-corrected chi connectivity index (χ1v) is 9.86. The molecule has 0 aromatic heterocycles. The number of amides is 2. The second-order valence-corrected chi connectivity index (χ2v) is 7.19. The number of hydrogen-bond acceptors (Lipinski definition) is 5. The molecule has 30 heavy (non-hydrogen) atoms. The monoisotopic (exact) mass is 450 g/mol. The second kappa shape index (κ2) is 11.3. The summed E-state index contributed by atoms with van der Waals surface area (Å²) in [5.74, 6) is -2.01. The fourth-order valence-electron chi connectivity index (χ4n) is 2.48. The second-order valence-electron chi connectivity index (χ2n) is 6.34. The normalized spacial score (nSPS) is 11.3. The predicted molar refractivity (Wildman–Crippen MR) is 112 cm³/mol. The van der Waals surface area contributed by atoms with E-state index in [4.69, 9.17) is 27.9 Å². The molecule has 0 aliphatic heterocycles. The van der Waals surface area contributed by atoms with Gasteiger partial charge in [-0.15, -0.1) is 0 Å². The quantitative estimate of drug-likeness (QED) is 0.362. The van der Waals surface area contributed by atoms with Crippen LogP contribution in [0, 0.1) is 0 Å². The smallest absolute Gasteiger partial charge is 0.306 e. The molecule has 0 heterocycles. The number of ketones is 1. The van der Waals surface area contributed by atoms with E-state index in [0.717, 1.165) is 0 Å². The fraction of sp³-hybridized carbons (Fsp3) is 0.238. The molecule has 0 spiro atoms. The van der Waals surface area contributed by atoms with E-state index in [1.165, 1.54) is 19.1 Å². The molecule has 9 heteroatoms. The summed E-state index contributed by atoms with van der Waals surface area (Å²) in [4.78, 5) is 47.9. The SMILES string of the molecule is CC(OC(=O)CCCC(=O)NNC(=O)c1ccccc1Cl)C(=O)c1cccc(Cl)c1. The Bertz CT molecular complexity index is 948. The summed E-state index contributed by atoms with van der Waals surface area (Å²) in [6, 6.07) is 12.7. The Morgan fingerprint density at radius 1 is 0.967 bits per heavy atom. The van der Waals surface area contributed by atoms with Gasteiger partial charge in [0.25, 0.3) is 5.91 Å². The molecule has 2 amide bonds. The van der Waals surface area contributed by atoms with E-state index < -0.39 is 23.9 Å². The summed E-state index contributed by atoms with van der Waals surface area (Å²) < 4.78 is 5.11. The molecule has 0 aliphatic carbocycles. The Morgan fingerprint density at radius 2 is 1.70 bits per heavy atom. The fourth-order valence-corrected chi connectivity index (χ4v) is 2.89. The first kappa shape index (κ1) is 23.4. The van der Waals surface area contributed by atoms with Gasteiger partial charge in [-0.2, -0.15) is 0 Å². The minimum Gasteiger partial charge on any atom is -0.454 e. The highest BCUT2D eigenvalue weighted by atomic mass is 35.5. The highest BCUT2D eigenvalue weighted by Gasteiger charge is 2.20. The number of nitrogens with one attached hydrogen (secondary N) is 2. The van der Waals surface area contributed by atoms with Crippen LogP contribution in [-0.4, -0.2) is 29.7 Å². The largest absolute Gasteiger partial charge is 0.454 e. The van der Waals surface area contributed by atoms with Gasteiger partial charge in [0, 0.05) is 23.4 Å². The van der Waals surface area contributed by atoms with Crippen molar-refractivity contribution < 1.29 is 23.9 Å². The minimum absolute atomic E-state index is 0.0193. The Balaban J connectivity index is 1.69. The van der Waals surface area contributed by atoms with Crippen LogP contribution in [0.4, 0.5) is 0 Å². The van der Waals surface area contributed by atoms with Crippen LogP contribution in [0.3, 0.4) is 0 Å². The van der Waals surface area contributed by atoms with Gasteiger partial charge in [-0.3, -0.25) is 30.0 Å². The number of carbonyl (C=O) groups is 4. The minimum atomic E-state index is -0.972. The summed E-state index contributed by atoms with van der Waals surface area (Å²) in [6.45, 7) is 1.47. The molecular formula is C21H20Cl2N2O5. The van der Waals surface area contributed by atoms with Gasteiger partial charge in [-0.25, -0.2) is 0 Å². The maximum Gasteiger partial charge on any atom is 0.306 e. The lowest BCUT2D eigenvalue weighted by Gasteiger charge is -2.12. The molecule has 1 atom stereocenters. The molecule has 1 unspecified atom stereocenters. The van der Waals surface area contributed by atoms with Crippen molar-refractivity contribution in [3.63, 3.8) is 0 Å². The van der Waals surface area contributed by atoms with Gasteiger partial charge in [-0.05, 0) is 37.6 Å². The third-order valence-corrected chi connectivity index (χ3v) is 4.57. The molecule has 0 radical (unpaired) electrons. The van der Waals surface area contributed by atoms with Crippen molar-refractivity contribution in [3.05, 3.63) is 69.7 Å². The third-order valence-electron chi connectivity index (χ3n) is 4.01. The Kier molecular flexibility index (Phi) is 8.83. The number of hydrazine groups is 1. The van der Waals surface area contributed by atoms with Crippen LogP contribution < -0.4 is 10.9 Å². The van der Waals surface area contributed by atoms with Gasteiger partial charge in [0.1, 0.15) is 0 Å². The topological polar surface area (TPSA) is 102 Å². The molecule has 0 bridgehead atoms. The number of benzene rings is 2. The number of Topliss-reactive ketones (excluding diaryl/α,β-unsaturated/α-hetero) is 1. The van der Waals surface area contributed by atoms with Crippen LogP contribution in [0.25, 0.3) is 0 Å². The molecule has 2 aromatic rings. The zero-order valence-electron chi connectivity index (χ0n) is 16.1. The lowest BCUT2D eigenvalue weighted by molar-refractivity contribution is -0.146. The van der Waals surface area contributed by atoms with Gasteiger partial charge in [0.2, 0.25) is 11.7 Å². The lowest BCUT2D eigenvalue weighted by Crippen LogP contribution is -2.41. The van der Waals surface area contributed by atoms with Crippen LogP contribution in [0.5, 0.6) is 0 Å². The highest BCUT2D eigenvalue weighted by Crippen LogP contribution is 2.15. The molecule has 0 saturated carbocycles. The average molecular weight is 451 g/mol. The number of esters is 1. The molecule has 7 nitrogen and oxygen atoms in total. The number of halogens is 2. The van der Waals surface area contributed by atoms with Crippen LogP contribution in [0.2, 0.25) is 10.0 Å². The summed E-state index contributed by atoms with van der Waals surface area (Å²) in [5.41, 5.74) is 5.07. The van der Waals surface area contributed by atoms with E-state index in [1.807, 2.05) is 0 Å². The zero-order chi connectivity index (χ0) is 22.1. The number of rotatable bonds is 8. The zero-order valence-corrected chi connectivity index (χ0v) is 17.6. The molecule has 158 valence electrons. The Labute approximate surface area is 183 Å². The molecule has 0 saturated heterocycles. The average Bonchev–Trinajstić information content (AvgIpc) is 2.71. The number of ether oxygens (including phenoxy) is 1. The molecule has 2 N–H and O–H groups in total. The van der Waals surface area contributed by atoms with Gasteiger partial charge in [0.05, 0.1) is 10.6 Å². The summed E-state index contributed by atoms with van der Waals surface area (Å²) in [6.07, 6.45) is -0.863. The van der Waals surface area contributed by atoms with Crippen molar-refractivity contribution >= 4 is 46.8 Å². The van der Waals surface area contributed by atoms with Crippen molar-refractivity contribution in [2.45, 2.75) is 32.3 Å². The molecule has 0 aliphatic rings. The first-order valence-electron chi connectivity index (χ1n) is 9.11. The van der Waals surface area contributed by atoms with Gasteiger partial charge in [0.15, 0.2) is 6.10 Å². The van der Waals surface area contributed by atoms with Crippen molar-refractivity contribution in [1.82, 2.24) is 10.9 Å². The van der Waals surface area contributed by atoms with Crippen molar-refractivity contribution in [1.29, 1.82) is 0 Å². The lowest BCUT2D eigenvalue weighted by atomic mass is 10.1. The number of carbonyl (C=O) groups excluding carboxylic acids is 4. The Morgan fingerprint density at radius 3 is 2.40 bits per heavy atom. The van der Waals surface area contributed by atoms with E-state index in [-0.39, 0.29) is 35.6 Å². The molecular weight excluding hydrogens is 431 g/mol. The summed E-state index contributed by atoms with van der Waals surface area (Å²) in [5, 5.41) is 0.667. The van der Waals surface area contributed by atoms with Crippen LogP contribution in [-0.2, 0) is 14.3 Å². The maximum atomic E-state index is 12.3. The summed E-state index contributed by atoms with van der Waals surface area (Å²) >= 11 is 11.8. The van der Waals surface area contributed by atoms with Gasteiger partial charge >= 0.3 is 5.97 Å². The predicted octanol–water partition coefficient (Wildman–Crippen LogP) is 3.74. The highest BCUT2D eigenvalue weighted by molar-refractivity contribution is 6.33. The van der Waals surface area contributed by atoms with E-state index in [0.29, 0.717) is 10.6 Å². The standard InChI is InChI=1S/C21H20Cl2N2O5/c1-13(20(28)14-6-4-7-15(22)12-14)30-19(27)11-5-10-18(26)24-25-21(29)16-8-2-3-9-17(16)23/h2-4,6-9,12-13H,5,10-11H2,1H3,(H,24,26)(H,25,29). The van der Waals surface area contributed by atoms with E-state index >= 15 is 0 Å². The van der Waals surface area contributed by atoms with Gasteiger partial charge in [-0.1, -0.05) is 47.5 Å². The molecule has 2 rings (SSSR count). The third kappa shape index (κ3) is 7.17. The van der Waals surface area contributed by atoms with E-state index in [9.17, 15) is 19.2 Å². The molecule has 0 fully saturated rings. The van der Waals surface area contributed by atoms with Gasteiger partial charge < -0.3 is 4.74 Å². The van der Waals surface area contributed by atoms with Crippen LogP contribution in [0.1, 0.15) is 46.9 Å². The van der Waals surface area contributed by atoms with E-state index in [2.05, 4.69) is 10.9 Å². The molecule has 2 aromatic carbocycles. The van der Waals surface area contributed by atoms with Crippen LogP contribution >= 0.6 is 23.2 Å². The van der Waals surface area contributed by atoms with Crippen molar-refractivity contribution in [2.24, 2.45) is 0 Å². The Hall–Kier alpha value is -2.90. The van der Waals surface area contributed by atoms with Crippen molar-refractivity contribution in [2.75, 3.05) is 0 Å². The van der Waals surface area contributed by atoms with Crippen molar-refractivity contribution in [3.8, 4) is 0 Å².